The zero-order valence-electron chi connectivity index (χ0n) is 12.0. The lowest BCUT2D eigenvalue weighted by molar-refractivity contribution is 0.0902. The maximum atomic E-state index is 12.3. The number of hydrogen-bond acceptors (Lipinski definition) is 4. The van der Waals surface area contributed by atoms with Crippen molar-refractivity contribution in [1.82, 2.24) is 15.5 Å². The molecule has 0 fully saturated rings. The Labute approximate surface area is 137 Å². The fourth-order valence-corrected chi connectivity index (χ4v) is 2.42. The summed E-state index contributed by atoms with van der Waals surface area (Å²) < 4.78 is 5.09. The van der Waals surface area contributed by atoms with Gasteiger partial charge in [-0.25, -0.2) is 0 Å². The molecule has 1 aromatic carbocycles. The van der Waals surface area contributed by atoms with Crippen molar-refractivity contribution in [2.24, 2.45) is 0 Å². The third-order valence-corrected chi connectivity index (χ3v) is 3.68. The number of amides is 1. The van der Waals surface area contributed by atoms with Crippen LogP contribution in [0.4, 0.5) is 0 Å². The Kier molecular flexibility index (Phi) is 4.45. The summed E-state index contributed by atoms with van der Waals surface area (Å²) in [6.45, 7) is 0.0273. The van der Waals surface area contributed by atoms with Crippen LogP contribution in [-0.2, 0) is 0 Å². The average molecular weight is 332 g/mol. The fraction of sp³-hybridized carbons (Fsp3) is 0.125. The van der Waals surface area contributed by atoms with E-state index < -0.39 is 6.10 Å². The van der Waals surface area contributed by atoms with E-state index in [1.165, 1.54) is 12.5 Å². The van der Waals surface area contributed by atoms with Crippen LogP contribution in [0.3, 0.4) is 0 Å². The van der Waals surface area contributed by atoms with Gasteiger partial charge in [-0.05, 0) is 18.2 Å². The minimum Gasteiger partial charge on any atom is -0.467 e. The monoisotopic (exact) mass is 331 g/mol. The maximum absolute atomic E-state index is 12.3. The summed E-state index contributed by atoms with van der Waals surface area (Å²) in [4.78, 5) is 12.3. The molecular formula is C16H14ClN3O3. The molecule has 0 aliphatic rings. The Hall–Kier alpha value is -2.57. The molecule has 3 rings (SSSR count). The van der Waals surface area contributed by atoms with Gasteiger partial charge in [0, 0.05) is 10.6 Å². The van der Waals surface area contributed by atoms with Crippen LogP contribution in [0.1, 0.15) is 22.2 Å². The Bertz CT molecular complexity index is 799. The van der Waals surface area contributed by atoms with Gasteiger partial charge < -0.3 is 14.8 Å². The first-order chi connectivity index (χ1) is 11.2. The number of aromatic amines is 1. The lowest BCUT2D eigenvalue weighted by Crippen LogP contribution is -2.28. The van der Waals surface area contributed by atoms with Gasteiger partial charge in [0.1, 0.15) is 11.9 Å². The zero-order chi connectivity index (χ0) is 16.2. The Morgan fingerprint density at radius 2 is 2.17 bits per heavy atom. The number of carbonyl (C=O) groups excluding carboxylic acids is 1. The second-order valence-corrected chi connectivity index (χ2v) is 5.29. The van der Waals surface area contributed by atoms with Crippen LogP contribution in [0, 0.1) is 0 Å². The van der Waals surface area contributed by atoms with Gasteiger partial charge in [-0.15, -0.1) is 0 Å². The first-order valence-corrected chi connectivity index (χ1v) is 7.32. The third kappa shape index (κ3) is 3.28. The molecule has 0 bridgehead atoms. The van der Waals surface area contributed by atoms with Crippen molar-refractivity contribution in [2.75, 3.05) is 6.54 Å². The summed E-state index contributed by atoms with van der Waals surface area (Å²) in [5.74, 6) is 0.0306. The molecule has 2 aromatic heterocycles. The number of aliphatic hydroxyl groups excluding tert-OH is 1. The molecule has 0 spiro atoms. The number of nitrogens with zero attached hydrogens (tertiary/aromatic N) is 1. The van der Waals surface area contributed by atoms with Crippen molar-refractivity contribution in [3.8, 4) is 11.3 Å². The van der Waals surface area contributed by atoms with Crippen LogP contribution in [0.15, 0.2) is 53.3 Å². The second kappa shape index (κ2) is 6.68. The summed E-state index contributed by atoms with van der Waals surface area (Å²) in [5, 5.41) is 19.8. The zero-order valence-corrected chi connectivity index (χ0v) is 12.7. The highest BCUT2D eigenvalue weighted by Gasteiger charge is 2.18. The minimum atomic E-state index is -0.912. The second-order valence-electron chi connectivity index (χ2n) is 4.88. The Morgan fingerprint density at radius 1 is 1.35 bits per heavy atom. The standard InChI is InChI=1S/C16H14ClN3O3/c17-12-5-2-1-4-10(12)15-11(8-19-20-15)16(22)18-9-13(21)14-6-3-7-23-14/h1-8,13,21H,9H2,(H,18,22)(H,19,20)/t13-/m1/s1. The number of H-pyrrole nitrogens is 1. The topological polar surface area (TPSA) is 91.2 Å². The van der Waals surface area contributed by atoms with E-state index >= 15 is 0 Å². The van der Waals surface area contributed by atoms with E-state index in [0.717, 1.165) is 0 Å². The van der Waals surface area contributed by atoms with E-state index in [1.807, 2.05) is 12.1 Å². The van der Waals surface area contributed by atoms with E-state index in [9.17, 15) is 9.90 Å². The molecule has 7 heteroatoms. The number of carbonyl (C=O) groups is 1. The van der Waals surface area contributed by atoms with Gasteiger partial charge in [0.25, 0.3) is 5.91 Å². The highest BCUT2D eigenvalue weighted by Crippen LogP contribution is 2.28. The van der Waals surface area contributed by atoms with Gasteiger partial charge in [0.2, 0.25) is 0 Å². The number of hydrogen-bond donors (Lipinski definition) is 3. The molecular weight excluding hydrogens is 318 g/mol. The molecule has 6 nitrogen and oxygen atoms in total. The molecule has 0 saturated carbocycles. The molecule has 0 unspecified atom stereocenters. The van der Waals surface area contributed by atoms with E-state index in [1.54, 1.807) is 24.3 Å². The largest absolute Gasteiger partial charge is 0.467 e. The highest BCUT2D eigenvalue weighted by atomic mass is 35.5. The molecule has 23 heavy (non-hydrogen) atoms. The molecule has 3 N–H and O–H groups in total. The summed E-state index contributed by atoms with van der Waals surface area (Å²) >= 11 is 6.16. The van der Waals surface area contributed by atoms with Gasteiger partial charge in [-0.1, -0.05) is 29.8 Å². The van der Waals surface area contributed by atoms with E-state index in [2.05, 4.69) is 15.5 Å². The average Bonchev–Trinajstić information content (AvgIpc) is 3.24. The number of benzene rings is 1. The van der Waals surface area contributed by atoms with E-state index in [-0.39, 0.29) is 12.5 Å². The van der Waals surface area contributed by atoms with Crippen molar-refractivity contribution in [2.45, 2.75) is 6.10 Å². The highest BCUT2D eigenvalue weighted by molar-refractivity contribution is 6.33. The maximum Gasteiger partial charge on any atom is 0.255 e. The molecule has 0 aliphatic carbocycles. The van der Waals surface area contributed by atoms with Gasteiger partial charge in [0.15, 0.2) is 0 Å². The predicted molar refractivity (Wildman–Crippen MR) is 85.0 cm³/mol. The van der Waals surface area contributed by atoms with Crippen LogP contribution in [0.5, 0.6) is 0 Å². The quantitative estimate of drug-likeness (QED) is 0.670. The molecule has 0 aliphatic heterocycles. The smallest absolute Gasteiger partial charge is 0.255 e. The van der Waals surface area contributed by atoms with Crippen LogP contribution in [0.25, 0.3) is 11.3 Å². The lowest BCUT2D eigenvalue weighted by Gasteiger charge is -2.10. The van der Waals surface area contributed by atoms with Crippen molar-refractivity contribution < 1.29 is 14.3 Å². The molecule has 3 aromatic rings. The third-order valence-electron chi connectivity index (χ3n) is 3.35. The van der Waals surface area contributed by atoms with Crippen LogP contribution < -0.4 is 5.32 Å². The summed E-state index contributed by atoms with van der Waals surface area (Å²) in [6, 6.07) is 10.5. The van der Waals surface area contributed by atoms with Crippen molar-refractivity contribution >= 4 is 17.5 Å². The number of aliphatic hydroxyl groups is 1. The number of rotatable bonds is 5. The van der Waals surface area contributed by atoms with Gasteiger partial charge in [0.05, 0.1) is 30.3 Å². The fourth-order valence-electron chi connectivity index (χ4n) is 2.19. The SMILES string of the molecule is O=C(NC[C@@H](O)c1ccco1)c1cn[nH]c1-c1ccccc1Cl. The Balaban J connectivity index is 1.74. The minimum absolute atomic E-state index is 0.0273. The molecule has 1 atom stereocenters. The number of nitrogens with one attached hydrogen (secondary N) is 2. The van der Waals surface area contributed by atoms with E-state index in [4.69, 9.17) is 16.0 Å². The normalized spacial score (nSPS) is 12.1. The first-order valence-electron chi connectivity index (χ1n) is 6.94. The van der Waals surface area contributed by atoms with E-state index in [0.29, 0.717) is 27.6 Å². The number of aromatic nitrogens is 2. The number of halogens is 1. The Morgan fingerprint density at radius 3 is 2.91 bits per heavy atom. The predicted octanol–water partition coefficient (Wildman–Crippen LogP) is 2.79. The first kappa shape index (κ1) is 15.3. The van der Waals surface area contributed by atoms with Crippen LogP contribution >= 0.6 is 11.6 Å². The van der Waals surface area contributed by atoms with Crippen molar-refractivity contribution in [3.63, 3.8) is 0 Å². The molecule has 2 heterocycles. The van der Waals surface area contributed by atoms with Crippen LogP contribution in [-0.4, -0.2) is 27.8 Å². The lowest BCUT2D eigenvalue weighted by atomic mass is 10.1. The van der Waals surface area contributed by atoms with Gasteiger partial charge in [-0.2, -0.15) is 5.10 Å². The van der Waals surface area contributed by atoms with Gasteiger partial charge in [-0.3, -0.25) is 9.89 Å². The van der Waals surface area contributed by atoms with Crippen LogP contribution in [0.2, 0.25) is 5.02 Å². The summed E-state index contributed by atoms with van der Waals surface area (Å²) in [5.41, 5.74) is 1.56. The molecule has 0 saturated heterocycles. The summed E-state index contributed by atoms with van der Waals surface area (Å²) in [6.07, 6.45) is 1.98. The molecule has 1 amide bonds. The molecule has 0 radical (unpaired) electrons. The summed E-state index contributed by atoms with van der Waals surface area (Å²) in [7, 11) is 0. The van der Waals surface area contributed by atoms with Gasteiger partial charge >= 0.3 is 0 Å². The van der Waals surface area contributed by atoms with Crippen molar-refractivity contribution in [1.29, 1.82) is 0 Å². The number of furan rings is 1. The molecule has 118 valence electrons. The van der Waals surface area contributed by atoms with Crippen molar-refractivity contribution in [3.05, 3.63) is 65.2 Å².